The molecule has 0 aromatic heterocycles. The molecule has 0 aromatic carbocycles. The van der Waals surface area contributed by atoms with Crippen LogP contribution in [0.3, 0.4) is 0 Å². The first kappa shape index (κ1) is 8.63. The molecule has 0 radical (unpaired) electrons. The molecule has 0 aliphatic heterocycles. The molecule has 0 saturated carbocycles. The van der Waals surface area contributed by atoms with E-state index in [1.54, 1.807) is 0 Å². The van der Waals surface area contributed by atoms with Gasteiger partial charge in [-0.25, -0.2) is 0 Å². The van der Waals surface area contributed by atoms with Gasteiger partial charge in [0.25, 0.3) is 0 Å². The van der Waals surface area contributed by atoms with Crippen LogP contribution in [0.4, 0.5) is 0 Å². The van der Waals surface area contributed by atoms with Crippen LogP contribution >= 0.6 is 31.9 Å². The summed E-state index contributed by atoms with van der Waals surface area (Å²) in [6, 6.07) is 0. The van der Waals surface area contributed by atoms with Gasteiger partial charge in [-0.1, -0.05) is 22.9 Å². The lowest BCUT2D eigenvalue weighted by molar-refractivity contribution is -0.110. The van der Waals surface area contributed by atoms with Gasteiger partial charge in [0.2, 0.25) is 0 Å². The summed E-state index contributed by atoms with van der Waals surface area (Å²) in [5.41, 5.74) is 0. The first-order valence-corrected chi connectivity index (χ1v) is 4.32. The fourth-order valence-electron chi connectivity index (χ4n) is 0.329. The Balaban J connectivity index is 3.24. The third kappa shape index (κ3) is 4.78. The number of carbonyl (C=O) groups is 1. The van der Waals surface area contributed by atoms with E-state index in [1.807, 2.05) is 6.92 Å². The van der Waals surface area contributed by atoms with Gasteiger partial charge in [-0.15, -0.1) is 0 Å². The highest BCUT2D eigenvalue weighted by Gasteiger charge is 2.02. The molecule has 0 saturated heterocycles. The zero-order valence-corrected chi connectivity index (χ0v) is 7.83. The van der Waals surface area contributed by atoms with Gasteiger partial charge in [0.1, 0.15) is 0 Å². The quantitative estimate of drug-likeness (QED) is 0.550. The Bertz CT molecular complexity index is 82.5. The van der Waals surface area contributed by atoms with E-state index in [-0.39, 0.29) is 4.69 Å². The summed E-state index contributed by atoms with van der Waals surface area (Å²) in [7, 11) is 0. The van der Waals surface area contributed by atoms with Crippen LogP contribution in [-0.4, -0.2) is 10.0 Å². The van der Waals surface area contributed by atoms with Crippen LogP contribution in [0.5, 0.6) is 0 Å². The van der Waals surface area contributed by atoms with Crippen molar-refractivity contribution in [1.29, 1.82) is 0 Å². The summed E-state index contributed by atoms with van der Waals surface area (Å²) in [5.74, 6) is 0.446. The van der Waals surface area contributed by atoms with E-state index in [0.717, 1.165) is 5.33 Å². The fourth-order valence-corrected chi connectivity index (χ4v) is 1.11. The van der Waals surface area contributed by atoms with Crippen molar-refractivity contribution in [1.82, 2.24) is 0 Å². The summed E-state index contributed by atoms with van der Waals surface area (Å²) >= 11 is 6.13. The summed E-state index contributed by atoms with van der Waals surface area (Å²) < 4.78 is 0.0875. The van der Waals surface area contributed by atoms with Crippen molar-refractivity contribution < 1.29 is 4.79 Å². The topological polar surface area (TPSA) is 17.1 Å². The lowest BCUT2D eigenvalue weighted by atomic mass is 10.2. The third-order valence-corrected chi connectivity index (χ3v) is 2.20. The molecule has 48 valence electrons. The SMILES string of the molecule is CC(CBr)CC(=O)Br. The Kier molecular flexibility index (Phi) is 4.86. The predicted molar refractivity (Wildman–Crippen MR) is 41.5 cm³/mol. The van der Waals surface area contributed by atoms with Crippen LogP contribution in [-0.2, 0) is 4.79 Å². The summed E-state index contributed by atoms with van der Waals surface area (Å²) in [6.07, 6.45) is 0.616. The van der Waals surface area contributed by atoms with Crippen LogP contribution < -0.4 is 0 Å². The molecular weight excluding hydrogens is 236 g/mol. The van der Waals surface area contributed by atoms with E-state index in [9.17, 15) is 4.79 Å². The minimum Gasteiger partial charge on any atom is -0.287 e. The van der Waals surface area contributed by atoms with E-state index >= 15 is 0 Å². The Labute approximate surface area is 66.1 Å². The van der Waals surface area contributed by atoms with Gasteiger partial charge < -0.3 is 0 Å². The van der Waals surface area contributed by atoms with Crippen LogP contribution in [0.1, 0.15) is 13.3 Å². The maximum absolute atomic E-state index is 10.3. The molecule has 0 aliphatic carbocycles. The zero-order valence-electron chi connectivity index (χ0n) is 4.66. The number of carbonyl (C=O) groups excluding carboxylic acids is 1. The second-order valence-corrected chi connectivity index (χ2v) is 3.35. The van der Waals surface area contributed by atoms with E-state index in [0.29, 0.717) is 12.3 Å². The molecular formula is C5H8Br2O. The van der Waals surface area contributed by atoms with Crippen LogP contribution in [0.25, 0.3) is 0 Å². The average molecular weight is 244 g/mol. The van der Waals surface area contributed by atoms with Crippen molar-refractivity contribution in [3.63, 3.8) is 0 Å². The Hall–Kier alpha value is 0.630. The second kappa shape index (κ2) is 4.50. The fraction of sp³-hybridized carbons (Fsp3) is 0.800. The number of rotatable bonds is 3. The molecule has 0 spiro atoms. The molecule has 0 N–H and O–H groups in total. The van der Waals surface area contributed by atoms with E-state index < -0.39 is 0 Å². The lowest BCUT2D eigenvalue weighted by Gasteiger charge is -1.99. The number of hydrogen-bond donors (Lipinski definition) is 0. The standard InChI is InChI=1S/C5H8Br2O/c1-4(3-6)2-5(7)8/h4H,2-3H2,1H3. The van der Waals surface area contributed by atoms with Crippen molar-refractivity contribution in [2.45, 2.75) is 13.3 Å². The monoisotopic (exact) mass is 242 g/mol. The van der Waals surface area contributed by atoms with E-state index in [2.05, 4.69) is 31.9 Å². The van der Waals surface area contributed by atoms with Crippen molar-refractivity contribution in [3.05, 3.63) is 0 Å². The number of alkyl halides is 1. The Morgan fingerprint density at radius 3 is 2.38 bits per heavy atom. The molecule has 0 aromatic rings. The van der Waals surface area contributed by atoms with E-state index in [4.69, 9.17) is 0 Å². The summed E-state index contributed by atoms with van der Waals surface area (Å²) in [4.78, 5) is 10.3. The number of halogens is 2. The van der Waals surface area contributed by atoms with Crippen LogP contribution in [0, 0.1) is 5.92 Å². The van der Waals surface area contributed by atoms with Gasteiger partial charge in [0.05, 0.1) is 0 Å². The third-order valence-electron chi connectivity index (χ3n) is 0.772. The molecule has 1 unspecified atom stereocenters. The summed E-state index contributed by atoms with van der Waals surface area (Å²) in [5, 5.41) is 0.893. The van der Waals surface area contributed by atoms with Crippen molar-refractivity contribution in [2.75, 3.05) is 5.33 Å². The molecule has 3 heteroatoms. The van der Waals surface area contributed by atoms with Crippen molar-refractivity contribution in [3.8, 4) is 0 Å². The van der Waals surface area contributed by atoms with Crippen LogP contribution in [0.2, 0.25) is 0 Å². The second-order valence-electron chi connectivity index (χ2n) is 1.82. The van der Waals surface area contributed by atoms with Gasteiger partial charge in [-0.2, -0.15) is 0 Å². The molecule has 8 heavy (non-hydrogen) atoms. The molecule has 0 bridgehead atoms. The summed E-state index contributed by atoms with van der Waals surface area (Å²) in [6.45, 7) is 2.02. The minimum atomic E-state index is 0.0875. The highest BCUT2D eigenvalue weighted by molar-refractivity contribution is 9.18. The molecule has 0 aliphatic rings. The first-order chi connectivity index (χ1) is 3.66. The molecule has 0 heterocycles. The Morgan fingerprint density at radius 1 is 1.75 bits per heavy atom. The van der Waals surface area contributed by atoms with Crippen molar-refractivity contribution in [2.24, 2.45) is 5.92 Å². The van der Waals surface area contributed by atoms with Gasteiger partial charge in [-0.05, 0) is 21.8 Å². The highest BCUT2D eigenvalue weighted by Crippen LogP contribution is 2.07. The number of hydrogen-bond acceptors (Lipinski definition) is 1. The highest BCUT2D eigenvalue weighted by atomic mass is 79.9. The largest absolute Gasteiger partial charge is 0.287 e. The maximum Gasteiger partial charge on any atom is 0.198 e. The van der Waals surface area contributed by atoms with Crippen molar-refractivity contribution >= 4 is 36.6 Å². The molecule has 0 amide bonds. The maximum atomic E-state index is 10.3. The lowest BCUT2D eigenvalue weighted by Crippen LogP contribution is -1.99. The van der Waals surface area contributed by atoms with Gasteiger partial charge >= 0.3 is 0 Å². The molecule has 1 nitrogen and oxygen atoms in total. The normalized spacial score (nSPS) is 13.4. The van der Waals surface area contributed by atoms with Gasteiger partial charge in [0.15, 0.2) is 4.69 Å². The smallest absolute Gasteiger partial charge is 0.198 e. The zero-order chi connectivity index (χ0) is 6.57. The molecule has 1 atom stereocenters. The van der Waals surface area contributed by atoms with Gasteiger partial charge in [-0.3, -0.25) is 4.79 Å². The predicted octanol–water partition coefficient (Wildman–Crippen LogP) is 2.33. The first-order valence-electron chi connectivity index (χ1n) is 2.41. The molecule has 0 rings (SSSR count). The van der Waals surface area contributed by atoms with Crippen LogP contribution in [0.15, 0.2) is 0 Å². The minimum absolute atomic E-state index is 0.0875. The molecule has 0 fully saturated rings. The average Bonchev–Trinajstić information content (AvgIpc) is 1.65. The van der Waals surface area contributed by atoms with Gasteiger partial charge in [0, 0.05) is 11.8 Å². The Morgan fingerprint density at radius 2 is 2.25 bits per heavy atom. The van der Waals surface area contributed by atoms with E-state index in [1.165, 1.54) is 0 Å².